The molecule has 0 spiro atoms. The van der Waals surface area contributed by atoms with Gasteiger partial charge in [0.25, 0.3) is 5.91 Å². The summed E-state index contributed by atoms with van der Waals surface area (Å²) >= 11 is 5.55. The fourth-order valence-electron chi connectivity index (χ4n) is 1.04. The fraction of sp³-hybridized carbons (Fsp3) is 0.300. The number of halogens is 1. The van der Waals surface area contributed by atoms with Crippen LogP contribution in [0.5, 0.6) is 0 Å². The Morgan fingerprint density at radius 3 is 2.93 bits per heavy atom. The average molecular weight is 226 g/mol. The summed E-state index contributed by atoms with van der Waals surface area (Å²) in [6.07, 6.45) is 2.46. The zero-order valence-electron chi connectivity index (χ0n) is 8.40. The van der Waals surface area contributed by atoms with E-state index >= 15 is 0 Å². The Labute approximate surface area is 93.4 Å². The molecule has 1 atom stereocenters. The van der Waals surface area contributed by atoms with Gasteiger partial charge in [-0.3, -0.25) is 4.79 Å². The lowest BCUT2D eigenvalue weighted by molar-refractivity contribution is 0.0934. The number of nitrogens with one attached hydrogen (secondary N) is 1. The summed E-state index contributed by atoms with van der Waals surface area (Å²) in [5, 5.41) is 10.3. The van der Waals surface area contributed by atoms with Crippen molar-refractivity contribution in [3.8, 4) is 0 Å². The number of hydrogen-bond acceptors (Lipinski definition) is 3. The molecular weight excluding hydrogens is 214 g/mol. The van der Waals surface area contributed by atoms with Crippen LogP contribution in [-0.4, -0.2) is 22.1 Å². The van der Waals surface area contributed by atoms with Gasteiger partial charge in [0.1, 0.15) is 0 Å². The maximum Gasteiger partial charge on any atom is 0.272 e. The van der Waals surface area contributed by atoms with Gasteiger partial charge in [-0.05, 0) is 25.5 Å². The summed E-state index contributed by atoms with van der Waals surface area (Å²) in [5.41, 5.74) is 0.260. The summed E-state index contributed by atoms with van der Waals surface area (Å²) < 4.78 is 0. The smallest absolute Gasteiger partial charge is 0.272 e. The largest absolute Gasteiger partial charge is 0.348 e. The molecule has 0 aliphatic carbocycles. The monoisotopic (exact) mass is 225 g/mol. The average Bonchev–Trinajstić information content (AvgIpc) is 2.18. The third-order valence-electron chi connectivity index (χ3n) is 1.76. The van der Waals surface area contributed by atoms with Crippen LogP contribution in [-0.2, 0) is 0 Å². The first kappa shape index (κ1) is 11.7. The van der Waals surface area contributed by atoms with Crippen LogP contribution in [0.15, 0.2) is 24.8 Å². The number of aromatic nitrogens is 2. The molecule has 0 aromatic carbocycles. The predicted molar refractivity (Wildman–Crippen MR) is 58.8 cm³/mol. The molecule has 1 rings (SSSR count). The molecule has 0 aliphatic rings. The van der Waals surface area contributed by atoms with Crippen molar-refractivity contribution < 1.29 is 4.79 Å². The van der Waals surface area contributed by atoms with Crippen LogP contribution in [0.2, 0.25) is 5.15 Å². The zero-order valence-corrected chi connectivity index (χ0v) is 9.16. The highest BCUT2D eigenvalue weighted by Crippen LogP contribution is 2.02. The van der Waals surface area contributed by atoms with Crippen LogP contribution in [0.1, 0.15) is 23.8 Å². The summed E-state index contributed by atoms with van der Waals surface area (Å²) in [4.78, 5) is 11.6. The number of hydrogen-bond donors (Lipinski definition) is 1. The SMILES string of the molecule is C=CCC(C)NC(=O)c1ccc(Cl)nn1. The molecule has 0 saturated heterocycles. The molecule has 1 aromatic heterocycles. The first-order valence-corrected chi connectivity index (χ1v) is 4.92. The Kier molecular flexibility index (Phi) is 4.24. The van der Waals surface area contributed by atoms with E-state index in [2.05, 4.69) is 22.1 Å². The molecule has 80 valence electrons. The molecule has 0 fully saturated rings. The minimum atomic E-state index is -0.256. The van der Waals surface area contributed by atoms with Crippen molar-refractivity contribution in [2.24, 2.45) is 0 Å². The van der Waals surface area contributed by atoms with E-state index in [1.54, 1.807) is 6.08 Å². The predicted octanol–water partition coefficient (Wildman–Crippen LogP) is 1.82. The first-order valence-electron chi connectivity index (χ1n) is 4.54. The van der Waals surface area contributed by atoms with Crippen LogP contribution >= 0.6 is 11.6 Å². The van der Waals surface area contributed by atoms with E-state index in [0.717, 1.165) is 0 Å². The molecule has 0 saturated carbocycles. The summed E-state index contributed by atoms with van der Waals surface area (Å²) in [6.45, 7) is 5.49. The molecule has 0 bridgehead atoms. The van der Waals surface area contributed by atoms with Crippen LogP contribution in [0, 0.1) is 0 Å². The van der Waals surface area contributed by atoms with Crippen LogP contribution < -0.4 is 5.32 Å². The molecule has 1 aromatic rings. The third-order valence-corrected chi connectivity index (χ3v) is 1.96. The van der Waals surface area contributed by atoms with Crippen molar-refractivity contribution in [2.45, 2.75) is 19.4 Å². The van der Waals surface area contributed by atoms with Gasteiger partial charge in [-0.1, -0.05) is 17.7 Å². The van der Waals surface area contributed by atoms with Crippen molar-refractivity contribution in [2.75, 3.05) is 0 Å². The molecule has 4 nitrogen and oxygen atoms in total. The lowest BCUT2D eigenvalue weighted by atomic mass is 10.2. The van der Waals surface area contributed by atoms with Gasteiger partial charge >= 0.3 is 0 Å². The zero-order chi connectivity index (χ0) is 11.3. The second-order valence-corrected chi connectivity index (χ2v) is 3.53. The van der Waals surface area contributed by atoms with Gasteiger partial charge < -0.3 is 5.32 Å². The maximum atomic E-state index is 11.6. The van der Waals surface area contributed by atoms with E-state index < -0.39 is 0 Å². The molecule has 1 heterocycles. The van der Waals surface area contributed by atoms with Crippen LogP contribution in [0.25, 0.3) is 0 Å². The first-order chi connectivity index (χ1) is 7.13. The molecule has 1 amide bonds. The van der Waals surface area contributed by atoms with Gasteiger partial charge in [-0.15, -0.1) is 16.8 Å². The Balaban J connectivity index is 2.61. The van der Waals surface area contributed by atoms with Crippen LogP contribution in [0.4, 0.5) is 0 Å². The molecule has 1 N–H and O–H groups in total. The van der Waals surface area contributed by atoms with Gasteiger partial charge in [0.2, 0.25) is 0 Å². The molecular formula is C10H12ClN3O. The second kappa shape index (κ2) is 5.46. The maximum absolute atomic E-state index is 11.6. The summed E-state index contributed by atoms with van der Waals surface area (Å²) in [7, 11) is 0. The fourth-order valence-corrected chi connectivity index (χ4v) is 1.14. The lowest BCUT2D eigenvalue weighted by Crippen LogP contribution is -2.32. The Bertz CT molecular complexity index is 350. The number of rotatable bonds is 4. The molecule has 5 heteroatoms. The van der Waals surface area contributed by atoms with Gasteiger partial charge in [-0.2, -0.15) is 0 Å². The highest BCUT2D eigenvalue weighted by molar-refractivity contribution is 6.29. The quantitative estimate of drug-likeness (QED) is 0.796. The van der Waals surface area contributed by atoms with Crippen molar-refractivity contribution >= 4 is 17.5 Å². The normalized spacial score (nSPS) is 11.9. The topological polar surface area (TPSA) is 54.9 Å². The number of nitrogens with zero attached hydrogens (tertiary/aromatic N) is 2. The highest BCUT2D eigenvalue weighted by atomic mass is 35.5. The Hall–Kier alpha value is -1.42. The van der Waals surface area contributed by atoms with Gasteiger partial charge in [0.15, 0.2) is 10.8 Å². The summed E-state index contributed by atoms with van der Waals surface area (Å²) in [5.74, 6) is -0.256. The summed E-state index contributed by atoms with van der Waals surface area (Å²) in [6, 6.07) is 3.10. The number of carbonyl (C=O) groups excluding carboxylic acids is 1. The highest BCUT2D eigenvalue weighted by Gasteiger charge is 2.10. The third kappa shape index (κ3) is 3.67. The van der Waals surface area contributed by atoms with Crippen molar-refractivity contribution in [3.63, 3.8) is 0 Å². The van der Waals surface area contributed by atoms with E-state index in [1.165, 1.54) is 12.1 Å². The van der Waals surface area contributed by atoms with Gasteiger partial charge in [0.05, 0.1) is 0 Å². The van der Waals surface area contributed by atoms with Gasteiger partial charge in [0, 0.05) is 6.04 Å². The molecule has 1 unspecified atom stereocenters. The van der Waals surface area contributed by atoms with E-state index in [4.69, 9.17) is 11.6 Å². The Morgan fingerprint density at radius 1 is 1.67 bits per heavy atom. The van der Waals surface area contributed by atoms with Crippen LogP contribution in [0.3, 0.4) is 0 Å². The number of amides is 1. The standard InChI is InChI=1S/C10H12ClN3O/c1-3-4-7(2)12-10(15)8-5-6-9(11)14-13-8/h3,5-7H,1,4H2,2H3,(H,12,15). The lowest BCUT2D eigenvalue weighted by Gasteiger charge is -2.10. The van der Waals surface area contributed by atoms with E-state index in [9.17, 15) is 4.79 Å². The van der Waals surface area contributed by atoms with E-state index in [1.807, 2.05) is 6.92 Å². The minimum absolute atomic E-state index is 0.0347. The van der Waals surface area contributed by atoms with Crippen molar-refractivity contribution in [1.29, 1.82) is 0 Å². The molecule has 15 heavy (non-hydrogen) atoms. The molecule has 0 radical (unpaired) electrons. The van der Waals surface area contributed by atoms with Gasteiger partial charge in [-0.25, -0.2) is 0 Å². The van der Waals surface area contributed by atoms with Crippen molar-refractivity contribution in [3.05, 3.63) is 35.6 Å². The Morgan fingerprint density at radius 2 is 2.40 bits per heavy atom. The van der Waals surface area contributed by atoms with Crippen molar-refractivity contribution in [1.82, 2.24) is 15.5 Å². The second-order valence-electron chi connectivity index (χ2n) is 3.14. The van der Waals surface area contributed by atoms with E-state index in [0.29, 0.717) is 6.42 Å². The minimum Gasteiger partial charge on any atom is -0.348 e. The molecule has 0 aliphatic heterocycles. The number of carbonyl (C=O) groups is 1. The van der Waals surface area contributed by atoms with E-state index in [-0.39, 0.29) is 22.8 Å².